The highest BCUT2D eigenvalue weighted by Gasteiger charge is 2.40. The third-order valence-electron chi connectivity index (χ3n) is 13.3. The van der Waals surface area contributed by atoms with Crippen molar-refractivity contribution >= 4 is 70.4 Å². The number of thiophene rings is 1. The molecule has 4 heteroatoms. The number of hydrogen-bond acceptors (Lipinski definition) is 4. The van der Waals surface area contributed by atoms with E-state index in [-0.39, 0.29) is 11.5 Å². The molecule has 13 rings (SSSR count). The number of ether oxygens (including phenoxy) is 1. The lowest BCUT2D eigenvalue weighted by Gasteiger charge is -2.31. The first-order valence-corrected chi connectivity index (χ1v) is 22.0. The van der Waals surface area contributed by atoms with E-state index < -0.39 is 0 Å². The molecule has 0 saturated heterocycles. The van der Waals surface area contributed by atoms with E-state index >= 15 is 0 Å². The maximum absolute atomic E-state index is 7.36. The first kappa shape index (κ1) is 34.7. The van der Waals surface area contributed by atoms with Gasteiger partial charge in [0.1, 0.15) is 23.0 Å². The molecule has 290 valence electrons. The predicted octanol–water partition coefficient (Wildman–Crippen LogP) is 15.9. The smallest absolute Gasteiger partial charge is 0.136 e. The molecule has 3 nitrogen and oxygen atoms in total. The second-order valence-electron chi connectivity index (χ2n) is 17.1. The molecule has 10 aromatic rings. The van der Waals surface area contributed by atoms with Crippen molar-refractivity contribution in [2.45, 2.75) is 31.8 Å². The zero-order chi connectivity index (χ0) is 40.4. The van der Waals surface area contributed by atoms with Crippen molar-refractivity contribution in [3.8, 4) is 39.1 Å². The Balaban J connectivity index is 1.09. The Morgan fingerprint density at radius 1 is 0.590 bits per heavy atom. The van der Waals surface area contributed by atoms with Gasteiger partial charge < -0.3 is 14.1 Å². The van der Waals surface area contributed by atoms with Crippen LogP contribution in [0.3, 0.4) is 0 Å². The first-order valence-electron chi connectivity index (χ1n) is 21.2. The van der Waals surface area contributed by atoms with Crippen LogP contribution in [-0.2, 0) is 5.41 Å². The summed E-state index contributed by atoms with van der Waals surface area (Å²) in [6.07, 6.45) is 5.21. The molecule has 0 spiro atoms. The van der Waals surface area contributed by atoms with Gasteiger partial charge in [-0.2, -0.15) is 0 Å². The fraction of sp³-hybridized carbons (Fsp3) is 0.0877. The summed E-state index contributed by atoms with van der Waals surface area (Å²) in [5, 5.41) is 4.74. The standard InChI is InChI=1S/C57H39NO2S/c1-57(2)44-23-9-6-19-38(44)39-30-29-36(32-45(39)57)52-54-42-21-7-10-26-48(42)59-50(54)33-43-53-46(24-14-27-49(53)60-55(43)52)58(37-18-12-17-35(31-37)34-15-4-3-5-16-34)47-25-13-22-41-40-20-8-11-28-51(40)61-56(41)47/h3-26,28-33,49H,27H2,1-2H3. The number of nitrogens with zero attached hydrogens (tertiary/aromatic N) is 1. The van der Waals surface area contributed by atoms with Crippen molar-refractivity contribution in [2.75, 3.05) is 4.90 Å². The van der Waals surface area contributed by atoms with Crippen LogP contribution in [-0.4, -0.2) is 6.10 Å². The molecule has 0 bridgehead atoms. The Kier molecular flexibility index (Phi) is 7.35. The lowest BCUT2D eigenvalue weighted by Crippen LogP contribution is -2.23. The fourth-order valence-electron chi connectivity index (χ4n) is 10.5. The summed E-state index contributed by atoms with van der Waals surface area (Å²) >= 11 is 1.86. The summed E-state index contributed by atoms with van der Waals surface area (Å²) in [6, 6.07) is 61.8. The summed E-state index contributed by atoms with van der Waals surface area (Å²) in [5.74, 6) is 0.923. The number of benzene rings is 8. The first-order chi connectivity index (χ1) is 30.0. The minimum Gasteiger partial charge on any atom is -0.484 e. The summed E-state index contributed by atoms with van der Waals surface area (Å²) < 4.78 is 16.7. The van der Waals surface area contributed by atoms with Crippen LogP contribution in [0.4, 0.5) is 11.4 Å². The van der Waals surface area contributed by atoms with E-state index in [0.29, 0.717) is 0 Å². The van der Waals surface area contributed by atoms with Crippen molar-refractivity contribution in [3.63, 3.8) is 0 Å². The van der Waals surface area contributed by atoms with Crippen LogP contribution in [0.1, 0.15) is 37.0 Å². The van der Waals surface area contributed by atoms with Gasteiger partial charge in [0.05, 0.1) is 16.1 Å². The number of anilines is 2. The highest BCUT2D eigenvalue weighted by atomic mass is 32.1. The average molecular weight is 802 g/mol. The van der Waals surface area contributed by atoms with E-state index in [9.17, 15) is 0 Å². The molecule has 0 saturated carbocycles. The predicted molar refractivity (Wildman–Crippen MR) is 255 cm³/mol. The summed E-state index contributed by atoms with van der Waals surface area (Å²) in [7, 11) is 0. The molecule has 8 aromatic carbocycles. The Labute approximate surface area is 358 Å². The van der Waals surface area contributed by atoms with Crippen LogP contribution in [0.25, 0.3) is 81.1 Å². The molecule has 0 fully saturated rings. The Bertz CT molecular complexity index is 3530. The number of allylic oxidation sites excluding steroid dienone is 1. The minimum atomic E-state index is -0.178. The number of fused-ring (bicyclic) bond motifs is 12. The second kappa shape index (κ2) is 12.9. The van der Waals surface area contributed by atoms with Crippen LogP contribution >= 0.6 is 11.3 Å². The van der Waals surface area contributed by atoms with Crippen LogP contribution in [0, 0.1) is 0 Å². The van der Waals surface area contributed by atoms with Crippen LogP contribution < -0.4 is 9.64 Å². The fourth-order valence-corrected chi connectivity index (χ4v) is 11.7. The van der Waals surface area contributed by atoms with Gasteiger partial charge in [0, 0.05) is 60.5 Å². The largest absolute Gasteiger partial charge is 0.484 e. The molecule has 0 N–H and O–H groups in total. The van der Waals surface area contributed by atoms with Crippen LogP contribution in [0.2, 0.25) is 0 Å². The third kappa shape index (κ3) is 5.03. The van der Waals surface area contributed by atoms with Gasteiger partial charge in [0.15, 0.2) is 0 Å². The second-order valence-corrected chi connectivity index (χ2v) is 18.1. The number of hydrogen-bond donors (Lipinski definition) is 0. The van der Waals surface area contributed by atoms with Gasteiger partial charge in [-0.05, 0) is 87.5 Å². The summed E-state index contributed by atoms with van der Waals surface area (Å²) in [4.78, 5) is 2.48. The van der Waals surface area contributed by atoms with Gasteiger partial charge in [0.2, 0.25) is 0 Å². The van der Waals surface area contributed by atoms with Gasteiger partial charge >= 0.3 is 0 Å². The van der Waals surface area contributed by atoms with Crippen molar-refractivity contribution in [2.24, 2.45) is 0 Å². The molecule has 0 amide bonds. The molecule has 2 aliphatic carbocycles. The average Bonchev–Trinajstić information content (AvgIpc) is 4.05. The van der Waals surface area contributed by atoms with Gasteiger partial charge in [0.25, 0.3) is 0 Å². The monoisotopic (exact) mass is 801 g/mol. The number of para-hydroxylation sites is 1. The zero-order valence-electron chi connectivity index (χ0n) is 33.8. The molecule has 1 unspecified atom stereocenters. The van der Waals surface area contributed by atoms with Gasteiger partial charge in [-0.3, -0.25) is 0 Å². The lowest BCUT2D eigenvalue weighted by molar-refractivity contribution is 0.279. The van der Waals surface area contributed by atoms with Gasteiger partial charge in [-0.1, -0.05) is 147 Å². The summed E-state index contributed by atoms with van der Waals surface area (Å²) in [6.45, 7) is 4.71. The molecule has 0 radical (unpaired) electrons. The molecular weight excluding hydrogens is 763 g/mol. The summed E-state index contributed by atoms with van der Waals surface area (Å²) in [5.41, 5.74) is 17.1. The number of furan rings is 1. The van der Waals surface area contributed by atoms with Crippen LogP contribution in [0.15, 0.2) is 192 Å². The highest BCUT2D eigenvalue weighted by molar-refractivity contribution is 7.26. The zero-order valence-corrected chi connectivity index (χ0v) is 34.6. The molecule has 2 aromatic heterocycles. The van der Waals surface area contributed by atoms with E-state index in [1.165, 1.54) is 59.1 Å². The maximum atomic E-state index is 7.36. The van der Waals surface area contributed by atoms with E-state index in [0.717, 1.165) is 67.9 Å². The maximum Gasteiger partial charge on any atom is 0.136 e. The Hall–Kier alpha value is -7.14. The molecule has 61 heavy (non-hydrogen) atoms. The lowest BCUT2D eigenvalue weighted by atomic mass is 9.81. The van der Waals surface area contributed by atoms with E-state index in [1.54, 1.807) is 0 Å². The van der Waals surface area contributed by atoms with Gasteiger partial charge in [-0.25, -0.2) is 0 Å². The molecule has 3 heterocycles. The van der Waals surface area contributed by atoms with Crippen molar-refractivity contribution in [1.82, 2.24) is 0 Å². The third-order valence-corrected chi connectivity index (χ3v) is 14.6. The minimum absolute atomic E-state index is 0.145. The molecule has 3 aliphatic rings. The Morgan fingerprint density at radius 2 is 1.34 bits per heavy atom. The van der Waals surface area contributed by atoms with Gasteiger partial charge in [-0.15, -0.1) is 11.3 Å². The van der Waals surface area contributed by atoms with Crippen molar-refractivity contribution in [1.29, 1.82) is 0 Å². The highest BCUT2D eigenvalue weighted by Crippen LogP contribution is 2.56. The SMILES string of the molecule is CC1(C)c2ccccc2-c2ccc(-c3c4c(cc5oc6ccccc6c35)C3=C(N(c5cccc(-c6ccccc6)c5)c5cccc6c5sc5ccccc56)C=CCC3O4)cc21. The van der Waals surface area contributed by atoms with E-state index in [1.807, 2.05) is 11.3 Å². The number of rotatable bonds is 5. The van der Waals surface area contributed by atoms with E-state index in [4.69, 9.17) is 9.15 Å². The van der Waals surface area contributed by atoms with E-state index in [2.05, 4.69) is 201 Å². The topological polar surface area (TPSA) is 25.6 Å². The molecule has 1 aliphatic heterocycles. The normalized spacial score (nSPS) is 15.9. The molecular formula is C57H39NO2S. The Morgan fingerprint density at radius 3 is 2.26 bits per heavy atom. The van der Waals surface area contributed by atoms with Crippen LogP contribution in [0.5, 0.6) is 5.75 Å². The van der Waals surface area contributed by atoms with Crippen molar-refractivity contribution in [3.05, 3.63) is 204 Å². The molecule has 1 atom stereocenters. The van der Waals surface area contributed by atoms with Crippen molar-refractivity contribution < 1.29 is 9.15 Å². The quantitative estimate of drug-likeness (QED) is 0.173.